The number of hydrogen-bond donors (Lipinski definition) is 2. The van der Waals surface area contributed by atoms with E-state index in [1.165, 1.54) is 6.42 Å². The van der Waals surface area contributed by atoms with Gasteiger partial charge < -0.3 is 20.1 Å². The summed E-state index contributed by atoms with van der Waals surface area (Å²) in [4.78, 5) is 14.0. The Hall–Kier alpha value is -0.690. The third kappa shape index (κ3) is 4.42. The lowest BCUT2D eigenvalue weighted by Gasteiger charge is -2.35. The van der Waals surface area contributed by atoms with Crippen LogP contribution in [0, 0.1) is 0 Å². The molecule has 2 aliphatic heterocycles. The van der Waals surface area contributed by atoms with Gasteiger partial charge in [-0.25, -0.2) is 0 Å². The van der Waals surface area contributed by atoms with Crippen LogP contribution in [0.4, 0.5) is 0 Å². The normalized spacial score (nSPS) is 29.1. The van der Waals surface area contributed by atoms with E-state index in [-0.39, 0.29) is 18.2 Å². The van der Waals surface area contributed by atoms with Gasteiger partial charge in [0.15, 0.2) is 6.29 Å². The Morgan fingerprint density at radius 3 is 3.16 bits per heavy atom. The van der Waals surface area contributed by atoms with Gasteiger partial charge in [-0.1, -0.05) is 0 Å². The number of ether oxygens (including phenoxy) is 2. The summed E-state index contributed by atoms with van der Waals surface area (Å²) >= 11 is 0. The summed E-state index contributed by atoms with van der Waals surface area (Å²) in [7, 11) is 1.68. The van der Waals surface area contributed by atoms with Crippen LogP contribution in [0.1, 0.15) is 19.3 Å². The van der Waals surface area contributed by atoms with Crippen molar-refractivity contribution in [3.8, 4) is 0 Å². The molecule has 2 unspecified atom stereocenters. The lowest BCUT2D eigenvalue weighted by molar-refractivity contribution is -0.165. The second-order valence-corrected chi connectivity index (χ2v) is 5.04. The smallest absolute Gasteiger partial charge is 0.238 e. The zero-order valence-electron chi connectivity index (χ0n) is 11.7. The van der Waals surface area contributed by atoms with Crippen LogP contribution in [-0.4, -0.2) is 69.6 Å². The average molecular weight is 271 g/mol. The molecule has 2 N–H and O–H groups in total. The minimum atomic E-state index is -0.0883. The fraction of sp³-hybridized carbons (Fsp3) is 0.923. The zero-order valence-corrected chi connectivity index (χ0v) is 11.7. The number of piperazine rings is 1. The van der Waals surface area contributed by atoms with Crippen molar-refractivity contribution in [3.63, 3.8) is 0 Å². The Morgan fingerprint density at radius 1 is 1.53 bits per heavy atom. The largest absolute Gasteiger partial charge is 0.358 e. The number of amides is 1. The van der Waals surface area contributed by atoms with Crippen molar-refractivity contribution in [2.24, 2.45) is 0 Å². The van der Waals surface area contributed by atoms with Gasteiger partial charge in [-0.2, -0.15) is 0 Å². The van der Waals surface area contributed by atoms with Crippen molar-refractivity contribution >= 4 is 5.91 Å². The molecule has 19 heavy (non-hydrogen) atoms. The van der Waals surface area contributed by atoms with E-state index in [0.717, 1.165) is 39.1 Å². The number of carbonyl (C=O) groups is 1. The standard InChI is InChI=1S/C13H25N3O3/c1-14-13(17)11-10-15-5-6-16(11)7-9-19-12-4-2-3-8-18-12/h11-12,15H,2-10H2,1H3,(H,14,17). The summed E-state index contributed by atoms with van der Waals surface area (Å²) in [5.74, 6) is 0.0705. The predicted octanol–water partition coefficient (Wildman–Crippen LogP) is -0.451. The van der Waals surface area contributed by atoms with E-state index in [4.69, 9.17) is 9.47 Å². The summed E-state index contributed by atoms with van der Waals surface area (Å²) in [5, 5.41) is 5.97. The molecule has 0 spiro atoms. The first-order valence-electron chi connectivity index (χ1n) is 7.21. The highest BCUT2D eigenvalue weighted by molar-refractivity contribution is 5.81. The van der Waals surface area contributed by atoms with Crippen molar-refractivity contribution < 1.29 is 14.3 Å². The molecule has 0 aliphatic carbocycles. The molecule has 2 atom stereocenters. The fourth-order valence-electron chi connectivity index (χ4n) is 2.58. The van der Waals surface area contributed by atoms with E-state index >= 15 is 0 Å². The summed E-state index contributed by atoms with van der Waals surface area (Å²) in [5.41, 5.74) is 0. The lowest BCUT2D eigenvalue weighted by atomic mass is 10.2. The van der Waals surface area contributed by atoms with Crippen LogP contribution in [-0.2, 0) is 14.3 Å². The van der Waals surface area contributed by atoms with E-state index in [0.29, 0.717) is 13.2 Å². The van der Waals surface area contributed by atoms with E-state index in [1.54, 1.807) is 7.05 Å². The molecule has 0 bridgehead atoms. The van der Waals surface area contributed by atoms with Crippen molar-refractivity contribution in [2.45, 2.75) is 31.6 Å². The molecule has 110 valence electrons. The Balaban J connectivity index is 1.71. The summed E-state index contributed by atoms with van der Waals surface area (Å²) < 4.78 is 11.3. The SMILES string of the molecule is CNC(=O)C1CNCCN1CCOC1CCCCO1. The third-order valence-corrected chi connectivity index (χ3v) is 3.72. The summed E-state index contributed by atoms with van der Waals surface area (Å²) in [6.07, 6.45) is 3.26. The molecule has 6 nitrogen and oxygen atoms in total. The Kier molecular flexibility index (Phi) is 6.03. The van der Waals surface area contributed by atoms with Gasteiger partial charge in [0, 0.05) is 39.8 Å². The number of hydrogen-bond acceptors (Lipinski definition) is 5. The van der Waals surface area contributed by atoms with Gasteiger partial charge in [0.2, 0.25) is 5.91 Å². The molecule has 0 aromatic rings. The molecule has 2 saturated heterocycles. The van der Waals surface area contributed by atoms with Gasteiger partial charge in [-0.3, -0.25) is 9.69 Å². The minimum absolute atomic E-state index is 0.0462. The number of nitrogens with zero attached hydrogens (tertiary/aromatic N) is 1. The number of rotatable bonds is 5. The van der Waals surface area contributed by atoms with Crippen molar-refractivity contribution in [1.82, 2.24) is 15.5 Å². The molecule has 0 radical (unpaired) electrons. The van der Waals surface area contributed by atoms with Crippen molar-refractivity contribution in [3.05, 3.63) is 0 Å². The molecule has 0 aromatic carbocycles. The Bertz CT molecular complexity index is 282. The maximum atomic E-state index is 11.8. The average Bonchev–Trinajstić information content (AvgIpc) is 2.48. The summed E-state index contributed by atoms with van der Waals surface area (Å²) in [6, 6.07) is -0.0883. The Morgan fingerprint density at radius 2 is 2.42 bits per heavy atom. The molecule has 2 rings (SSSR count). The maximum Gasteiger partial charge on any atom is 0.238 e. The van der Waals surface area contributed by atoms with Crippen molar-refractivity contribution in [1.29, 1.82) is 0 Å². The quantitative estimate of drug-likeness (QED) is 0.709. The highest BCUT2D eigenvalue weighted by atomic mass is 16.7. The fourth-order valence-corrected chi connectivity index (χ4v) is 2.58. The molecule has 6 heteroatoms. The van der Waals surface area contributed by atoms with Crippen LogP contribution in [0.15, 0.2) is 0 Å². The topological polar surface area (TPSA) is 62.8 Å². The molecule has 0 aromatic heterocycles. The molecular weight excluding hydrogens is 246 g/mol. The van der Waals surface area contributed by atoms with Crippen LogP contribution in [0.5, 0.6) is 0 Å². The summed E-state index contributed by atoms with van der Waals surface area (Å²) in [6.45, 7) is 4.72. The molecule has 2 aliphatic rings. The van der Waals surface area contributed by atoms with Crippen LogP contribution in [0.25, 0.3) is 0 Å². The Labute approximate surface area is 114 Å². The van der Waals surface area contributed by atoms with Crippen LogP contribution in [0.3, 0.4) is 0 Å². The van der Waals surface area contributed by atoms with Gasteiger partial charge in [-0.05, 0) is 19.3 Å². The van der Waals surface area contributed by atoms with E-state index in [1.807, 2.05) is 0 Å². The molecule has 2 heterocycles. The lowest BCUT2D eigenvalue weighted by Crippen LogP contribution is -2.58. The van der Waals surface area contributed by atoms with Gasteiger partial charge in [0.25, 0.3) is 0 Å². The highest BCUT2D eigenvalue weighted by Crippen LogP contribution is 2.13. The second-order valence-electron chi connectivity index (χ2n) is 5.04. The molecule has 1 amide bonds. The third-order valence-electron chi connectivity index (χ3n) is 3.72. The zero-order chi connectivity index (χ0) is 13.5. The molecule has 2 fully saturated rings. The first kappa shape index (κ1) is 14.7. The monoisotopic (exact) mass is 271 g/mol. The first-order chi connectivity index (χ1) is 9.31. The van der Waals surface area contributed by atoms with Crippen LogP contribution < -0.4 is 10.6 Å². The van der Waals surface area contributed by atoms with Crippen LogP contribution in [0.2, 0.25) is 0 Å². The minimum Gasteiger partial charge on any atom is -0.358 e. The van der Waals surface area contributed by atoms with Gasteiger partial charge in [0.05, 0.1) is 6.61 Å². The number of likely N-dealkylation sites (N-methyl/N-ethyl adjacent to an activating group) is 1. The van der Waals surface area contributed by atoms with Gasteiger partial charge in [0.1, 0.15) is 6.04 Å². The molecule has 0 saturated carbocycles. The van der Waals surface area contributed by atoms with E-state index in [9.17, 15) is 4.79 Å². The molecular formula is C13H25N3O3. The van der Waals surface area contributed by atoms with Gasteiger partial charge in [-0.15, -0.1) is 0 Å². The maximum absolute atomic E-state index is 11.8. The van der Waals surface area contributed by atoms with Gasteiger partial charge >= 0.3 is 0 Å². The number of carbonyl (C=O) groups excluding carboxylic acids is 1. The van der Waals surface area contributed by atoms with E-state index in [2.05, 4.69) is 15.5 Å². The first-order valence-corrected chi connectivity index (χ1v) is 7.21. The highest BCUT2D eigenvalue weighted by Gasteiger charge is 2.27. The predicted molar refractivity (Wildman–Crippen MR) is 71.8 cm³/mol. The second kappa shape index (κ2) is 7.79. The van der Waals surface area contributed by atoms with Crippen LogP contribution >= 0.6 is 0 Å². The van der Waals surface area contributed by atoms with E-state index < -0.39 is 0 Å². The van der Waals surface area contributed by atoms with Crippen molar-refractivity contribution in [2.75, 3.05) is 46.4 Å². The number of nitrogens with one attached hydrogen (secondary N) is 2.